The number of para-hydroxylation sites is 1. The van der Waals surface area contributed by atoms with E-state index in [0.29, 0.717) is 0 Å². The Morgan fingerprint density at radius 1 is 1.24 bits per heavy atom. The Kier molecular flexibility index (Phi) is 4.43. The molecule has 0 amide bonds. The van der Waals surface area contributed by atoms with Gasteiger partial charge in [-0.1, -0.05) is 25.1 Å². The molecule has 0 spiro atoms. The maximum atomic E-state index is 4.64. The topological polar surface area (TPSA) is 42.7 Å². The number of rotatable bonds is 6. The van der Waals surface area contributed by atoms with Crippen molar-refractivity contribution in [2.75, 3.05) is 6.54 Å². The van der Waals surface area contributed by atoms with Crippen molar-refractivity contribution in [3.8, 4) is 5.69 Å². The van der Waals surface area contributed by atoms with Crippen LogP contribution in [0.15, 0.2) is 53.4 Å². The summed E-state index contributed by atoms with van der Waals surface area (Å²) in [4.78, 5) is 1.68. The summed E-state index contributed by atoms with van der Waals surface area (Å²) in [5.74, 6) is 0. The van der Waals surface area contributed by atoms with Crippen LogP contribution in [0.25, 0.3) is 5.69 Å². The molecule has 1 atom stereocenters. The van der Waals surface area contributed by atoms with E-state index in [9.17, 15) is 0 Å². The lowest BCUT2D eigenvalue weighted by molar-refractivity contribution is 0.580. The normalized spacial score (nSPS) is 12.4. The highest BCUT2D eigenvalue weighted by Gasteiger charge is 2.17. The zero-order valence-corrected chi connectivity index (χ0v) is 12.8. The van der Waals surface area contributed by atoms with E-state index < -0.39 is 0 Å². The zero-order valence-electron chi connectivity index (χ0n) is 11.9. The van der Waals surface area contributed by atoms with Crippen LogP contribution in [0.5, 0.6) is 0 Å². The van der Waals surface area contributed by atoms with Crippen molar-refractivity contribution in [3.63, 3.8) is 0 Å². The second kappa shape index (κ2) is 6.65. The Morgan fingerprint density at radius 2 is 2.10 bits per heavy atom. The lowest BCUT2D eigenvalue weighted by Gasteiger charge is -2.14. The molecule has 1 aromatic carbocycles. The molecule has 1 unspecified atom stereocenters. The molecule has 0 fully saturated rings. The minimum atomic E-state index is 0.105. The highest BCUT2D eigenvalue weighted by molar-refractivity contribution is 7.08. The van der Waals surface area contributed by atoms with Gasteiger partial charge in [-0.25, -0.2) is 0 Å². The van der Waals surface area contributed by atoms with E-state index in [1.54, 1.807) is 16.1 Å². The Balaban J connectivity index is 1.88. The van der Waals surface area contributed by atoms with Gasteiger partial charge in [0.1, 0.15) is 5.69 Å². The molecule has 3 aromatic rings. The van der Waals surface area contributed by atoms with E-state index in [-0.39, 0.29) is 6.04 Å². The fourth-order valence-corrected chi connectivity index (χ4v) is 2.90. The smallest absolute Gasteiger partial charge is 0.105 e. The summed E-state index contributed by atoms with van der Waals surface area (Å²) in [7, 11) is 0. The standard InChI is InChI=1S/C16H18N4S/c1-2-9-17-16(13-8-10-21-12-13)15-11-18-20(19-15)14-6-4-3-5-7-14/h3-8,10-12,16-17H,2,9H2,1H3. The van der Waals surface area contributed by atoms with Crippen LogP contribution in [0.2, 0.25) is 0 Å². The molecule has 21 heavy (non-hydrogen) atoms. The first-order valence-electron chi connectivity index (χ1n) is 7.11. The van der Waals surface area contributed by atoms with E-state index in [1.807, 2.05) is 36.5 Å². The second-order valence-electron chi connectivity index (χ2n) is 4.84. The predicted molar refractivity (Wildman–Crippen MR) is 85.8 cm³/mol. The van der Waals surface area contributed by atoms with Crippen molar-refractivity contribution in [2.45, 2.75) is 19.4 Å². The van der Waals surface area contributed by atoms with Crippen LogP contribution in [-0.2, 0) is 0 Å². The van der Waals surface area contributed by atoms with E-state index >= 15 is 0 Å². The minimum absolute atomic E-state index is 0.105. The molecule has 0 bridgehead atoms. The van der Waals surface area contributed by atoms with Gasteiger partial charge in [-0.15, -0.1) is 0 Å². The highest BCUT2D eigenvalue weighted by atomic mass is 32.1. The largest absolute Gasteiger partial charge is 0.305 e. The number of nitrogens with zero attached hydrogens (tertiary/aromatic N) is 3. The summed E-state index contributed by atoms with van der Waals surface area (Å²) >= 11 is 1.70. The van der Waals surface area contributed by atoms with E-state index in [2.05, 4.69) is 39.3 Å². The zero-order chi connectivity index (χ0) is 14.5. The van der Waals surface area contributed by atoms with Crippen LogP contribution < -0.4 is 5.32 Å². The van der Waals surface area contributed by atoms with Crippen molar-refractivity contribution in [2.24, 2.45) is 0 Å². The van der Waals surface area contributed by atoms with Crippen LogP contribution in [0, 0.1) is 0 Å². The first-order chi connectivity index (χ1) is 10.4. The predicted octanol–water partition coefficient (Wildman–Crippen LogP) is 3.42. The molecule has 108 valence electrons. The third-order valence-corrected chi connectivity index (χ3v) is 3.97. The number of nitrogens with one attached hydrogen (secondary N) is 1. The van der Waals surface area contributed by atoms with Gasteiger partial charge in [-0.3, -0.25) is 0 Å². The summed E-state index contributed by atoms with van der Waals surface area (Å²) in [6.45, 7) is 3.12. The highest BCUT2D eigenvalue weighted by Crippen LogP contribution is 2.22. The Labute approximate surface area is 128 Å². The maximum absolute atomic E-state index is 4.64. The van der Waals surface area contributed by atoms with E-state index in [4.69, 9.17) is 0 Å². The molecular formula is C16H18N4S. The van der Waals surface area contributed by atoms with Crippen molar-refractivity contribution < 1.29 is 0 Å². The summed E-state index contributed by atoms with van der Waals surface area (Å²) in [5, 5.41) is 16.8. The average molecular weight is 298 g/mol. The Morgan fingerprint density at radius 3 is 2.81 bits per heavy atom. The van der Waals surface area contributed by atoms with Crippen LogP contribution in [0.1, 0.15) is 30.6 Å². The SMILES string of the molecule is CCCNC(c1ccsc1)c1cnn(-c2ccccc2)n1. The monoisotopic (exact) mass is 298 g/mol. The van der Waals surface area contributed by atoms with Gasteiger partial charge >= 0.3 is 0 Å². The summed E-state index contributed by atoms with van der Waals surface area (Å²) in [6.07, 6.45) is 2.94. The molecule has 2 aromatic heterocycles. The molecule has 0 radical (unpaired) electrons. The quantitative estimate of drug-likeness (QED) is 0.758. The number of hydrogen-bond donors (Lipinski definition) is 1. The van der Waals surface area contributed by atoms with Gasteiger partial charge in [0.05, 0.1) is 17.9 Å². The third-order valence-electron chi connectivity index (χ3n) is 3.27. The van der Waals surface area contributed by atoms with E-state index in [0.717, 1.165) is 24.3 Å². The summed E-state index contributed by atoms with van der Waals surface area (Å²) < 4.78 is 0. The molecule has 0 saturated heterocycles. The maximum Gasteiger partial charge on any atom is 0.105 e. The number of hydrogen-bond acceptors (Lipinski definition) is 4. The fraction of sp³-hybridized carbons (Fsp3) is 0.250. The van der Waals surface area contributed by atoms with Gasteiger partial charge in [-0.2, -0.15) is 26.3 Å². The molecule has 5 heteroatoms. The van der Waals surface area contributed by atoms with Gasteiger partial charge < -0.3 is 5.32 Å². The van der Waals surface area contributed by atoms with Crippen LogP contribution in [-0.4, -0.2) is 21.5 Å². The molecule has 2 heterocycles. The van der Waals surface area contributed by atoms with Crippen molar-refractivity contribution in [3.05, 3.63) is 64.6 Å². The summed E-state index contributed by atoms with van der Waals surface area (Å²) in [5.41, 5.74) is 3.17. The third kappa shape index (κ3) is 3.20. The molecule has 3 rings (SSSR count). The lowest BCUT2D eigenvalue weighted by Crippen LogP contribution is -2.23. The van der Waals surface area contributed by atoms with Crippen LogP contribution in [0.3, 0.4) is 0 Å². The fourth-order valence-electron chi connectivity index (χ4n) is 2.21. The summed E-state index contributed by atoms with van der Waals surface area (Å²) in [6, 6.07) is 12.2. The molecule has 0 saturated carbocycles. The molecule has 0 aliphatic rings. The molecule has 1 N–H and O–H groups in total. The first kappa shape index (κ1) is 14.0. The first-order valence-corrected chi connectivity index (χ1v) is 8.06. The average Bonchev–Trinajstić information content (AvgIpc) is 3.21. The van der Waals surface area contributed by atoms with Gasteiger partial charge in [0.25, 0.3) is 0 Å². The van der Waals surface area contributed by atoms with Gasteiger partial charge in [0.15, 0.2) is 0 Å². The number of aromatic nitrogens is 3. The van der Waals surface area contributed by atoms with Gasteiger partial charge in [0, 0.05) is 0 Å². The lowest BCUT2D eigenvalue weighted by atomic mass is 10.1. The molecule has 0 aliphatic heterocycles. The van der Waals surface area contributed by atoms with E-state index in [1.165, 1.54) is 5.56 Å². The number of thiophene rings is 1. The van der Waals surface area contributed by atoms with Crippen molar-refractivity contribution >= 4 is 11.3 Å². The van der Waals surface area contributed by atoms with Gasteiger partial charge in [0.2, 0.25) is 0 Å². The number of benzene rings is 1. The van der Waals surface area contributed by atoms with Gasteiger partial charge in [-0.05, 0) is 47.5 Å². The van der Waals surface area contributed by atoms with Crippen molar-refractivity contribution in [1.29, 1.82) is 0 Å². The molecule has 0 aliphatic carbocycles. The van der Waals surface area contributed by atoms with Crippen molar-refractivity contribution in [1.82, 2.24) is 20.3 Å². The Bertz CT molecular complexity index is 661. The molecular weight excluding hydrogens is 280 g/mol. The van der Waals surface area contributed by atoms with Crippen LogP contribution >= 0.6 is 11.3 Å². The molecule has 4 nitrogen and oxygen atoms in total. The Hall–Kier alpha value is -1.98. The second-order valence-corrected chi connectivity index (χ2v) is 5.62. The minimum Gasteiger partial charge on any atom is -0.305 e. The van der Waals surface area contributed by atoms with Crippen LogP contribution in [0.4, 0.5) is 0 Å².